The van der Waals surface area contributed by atoms with Crippen LogP contribution in [0, 0.1) is 17.0 Å². The number of nitrogens with zero attached hydrogens (tertiary/aromatic N) is 4. The summed E-state index contributed by atoms with van der Waals surface area (Å²) >= 11 is 0. The quantitative estimate of drug-likeness (QED) is 0.466. The Morgan fingerprint density at radius 2 is 1.97 bits per heavy atom. The zero-order valence-electron chi connectivity index (χ0n) is 15.5. The van der Waals surface area contributed by atoms with Gasteiger partial charge in [-0.1, -0.05) is 6.07 Å². The summed E-state index contributed by atoms with van der Waals surface area (Å²) in [4.78, 5) is 26.4. The Morgan fingerprint density at radius 3 is 2.60 bits per heavy atom. The van der Waals surface area contributed by atoms with Crippen LogP contribution in [0.1, 0.15) is 11.1 Å². The van der Waals surface area contributed by atoms with E-state index in [9.17, 15) is 28.1 Å². The van der Waals surface area contributed by atoms with Crippen LogP contribution in [0.4, 0.5) is 30.2 Å². The molecular weight excluding hydrogens is 405 g/mol. The molecule has 0 saturated heterocycles. The molecule has 3 aromatic rings. The van der Waals surface area contributed by atoms with Gasteiger partial charge in [-0.15, -0.1) is 0 Å². The van der Waals surface area contributed by atoms with Gasteiger partial charge in [0.1, 0.15) is 12.7 Å². The maximum absolute atomic E-state index is 13.1. The topological polar surface area (TPSA) is 115 Å². The van der Waals surface area contributed by atoms with E-state index < -0.39 is 22.6 Å². The molecule has 0 bridgehead atoms. The number of carbonyl (C=O) groups excluding carboxylic acids is 1. The molecule has 2 aromatic carbocycles. The first-order valence-corrected chi connectivity index (χ1v) is 8.50. The van der Waals surface area contributed by atoms with Crippen LogP contribution < -0.4 is 10.6 Å². The number of nitro benzene ring substituents is 1. The number of aromatic nitrogens is 3. The van der Waals surface area contributed by atoms with Gasteiger partial charge in [0.25, 0.3) is 5.69 Å². The Balaban J connectivity index is 1.81. The molecule has 0 fully saturated rings. The minimum Gasteiger partial charge on any atom is -0.376 e. The highest BCUT2D eigenvalue weighted by Gasteiger charge is 2.31. The van der Waals surface area contributed by atoms with Crippen LogP contribution in [-0.2, 0) is 11.0 Å². The molecule has 0 aliphatic heterocycles. The fourth-order valence-corrected chi connectivity index (χ4v) is 2.63. The van der Waals surface area contributed by atoms with Gasteiger partial charge in [-0.3, -0.25) is 14.9 Å². The number of nitrogens with one attached hydrogen (secondary N) is 2. The number of carbonyl (C=O) groups is 1. The maximum atomic E-state index is 13.1. The number of hydrogen-bond donors (Lipinski definition) is 2. The molecule has 1 heterocycles. The van der Waals surface area contributed by atoms with Crippen LogP contribution in [0.2, 0.25) is 0 Å². The number of alkyl halides is 3. The molecule has 9 nitrogen and oxygen atoms in total. The van der Waals surface area contributed by atoms with Crippen molar-refractivity contribution in [1.82, 2.24) is 14.8 Å². The number of hydrogen-bond acceptors (Lipinski definition) is 6. The summed E-state index contributed by atoms with van der Waals surface area (Å²) in [6.45, 7) is 1.37. The Morgan fingerprint density at radius 1 is 1.20 bits per heavy atom. The van der Waals surface area contributed by atoms with E-state index in [2.05, 4.69) is 20.7 Å². The van der Waals surface area contributed by atoms with Crippen LogP contribution in [-0.4, -0.2) is 32.1 Å². The molecule has 30 heavy (non-hydrogen) atoms. The zero-order chi connectivity index (χ0) is 21.9. The molecule has 3 rings (SSSR count). The van der Waals surface area contributed by atoms with E-state index in [1.165, 1.54) is 41.6 Å². The molecule has 0 radical (unpaired) electrons. The van der Waals surface area contributed by atoms with Crippen molar-refractivity contribution in [3.05, 3.63) is 70.3 Å². The van der Waals surface area contributed by atoms with Crippen molar-refractivity contribution in [3.8, 4) is 5.69 Å². The number of nitro groups is 1. The normalized spacial score (nSPS) is 11.2. The molecule has 0 saturated carbocycles. The zero-order valence-corrected chi connectivity index (χ0v) is 15.5. The van der Waals surface area contributed by atoms with Crippen LogP contribution >= 0.6 is 0 Å². The number of amides is 1. The van der Waals surface area contributed by atoms with E-state index >= 15 is 0 Å². The Hall–Kier alpha value is -3.96. The Bertz CT molecular complexity index is 1080. The molecule has 0 aliphatic rings. The molecule has 0 aliphatic carbocycles. The standard InChI is InChI=1S/C18H15F3N6O3/c1-11-2-4-13(27(29)30)7-14(11)23-8-17(28)25-15-6-12(18(19,20)21)3-5-16(15)26-10-22-9-24-26/h2-7,9-10,23H,8H2,1H3,(H,25,28). The van der Waals surface area contributed by atoms with Gasteiger partial charge in [-0.2, -0.15) is 18.3 Å². The average molecular weight is 420 g/mol. The van der Waals surface area contributed by atoms with Crippen LogP contribution in [0.15, 0.2) is 49.1 Å². The van der Waals surface area contributed by atoms with Gasteiger partial charge in [0.05, 0.1) is 28.4 Å². The summed E-state index contributed by atoms with van der Waals surface area (Å²) in [6.07, 6.45) is -2.11. The highest BCUT2D eigenvalue weighted by molar-refractivity contribution is 5.95. The second kappa shape index (κ2) is 8.19. The first kappa shape index (κ1) is 20.8. The Labute approximate surface area is 167 Å². The molecule has 1 aromatic heterocycles. The lowest BCUT2D eigenvalue weighted by Gasteiger charge is -2.15. The first-order chi connectivity index (χ1) is 14.1. The molecule has 0 unspecified atom stereocenters. The minimum absolute atomic E-state index is 0.113. The summed E-state index contributed by atoms with van der Waals surface area (Å²) in [6, 6.07) is 6.96. The molecular formula is C18H15F3N6O3. The fraction of sp³-hybridized carbons (Fsp3) is 0.167. The van der Waals surface area contributed by atoms with E-state index in [0.29, 0.717) is 11.3 Å². The molecule has 1 amide bonds. The highest BCUT2D eigenvalue weighted by atomic mass is 19.4. The second-order valence-corrected chi connectivity index (χ2v) is 6.23. The first-order valence-electron chi connectivity index (χ1n) is 8.50. The lowest BCUT2D eigenvalue weighted by molar-refractivity contribution is -0.384. The monoisotopic (exact) mass is 420 g/mol. The van der Waals surface area contributed by atoms with E-state index in [0.717, 1.165) is 12.1 Å². The van der Waals surface area contributed by atoms with Crippen molar-refractivity contribution in [2.75, 3.05) is 17.2 Å². The van der Waals surface area contributed by atoms with E-state index in [1.807, 2.05) is 0 Å². The van der Waals surface area contributed by atoms with Crippen molar-refractivity contribution in [2.45, 2.75) is 13.1 Å². The number of anilines is 2. The lowest BCUT2D eigenvalue weighted by Crippen LogP contribution is -2.23. The van der Waals surface area contributed by atoms with Crippen molar-refractivity contribution < 1.29 is 22.9 Å². The number of rotatable bonds is 6. The third kappa shape index (κ3) is 4.71. The molecule has 2 N–H and O–H groups in total. The van der Waals surface area contributed by atoms with Gasteiger partial charge in [-0.05, 0) is 30.7 Å². The van der Waals surface area contributed by atoms with Crippen molar-refractivity contribution in [2.24, 2.45) is 0 Å². The van der Waals surface area contributed by atoms with Crippen LogP contribution in [0.3, 0.4) is 0 Å². The summed E-state index contributed by atoms with van der Waals surface area (Å²) in [7, 11) is 0. The summed E-state index contributed by atoms with van der Waals surface area (Å²) < 4.78 is 40.5. The largest absolute Gasteiger partial charge is 0.416 e. The highest BCUT2D eigenvalue weighted by Crippen LogP contribution is 2.33. The SMILES string of the molecule is Cc1ccc([N+](=O)[O-])cc1NCC(=O)Nc1cc(C(F)(F)F)ccc1-n1cncn1. The van der Waals surface area contributed by atoms with Crippen LogP contribution in [0.25, 0.3) is 5.69 Å². The predicted octanol–water partition coefficient (Wildman–Crippen LogP) is 3.55. The number of non-ortho nitro benzene ring substituents is 1. The third-order valence-corrected chi connectivity index (χ3v) is 4.13. The van der Waals surface area contributed by atoms with E-state index in [1.54, 1.807) is 6.92 Å². The molecule has 12 heteroatoms. The summed E-state index contributed by atoms with van der Waals surface area (Å²) in [5.41, 5.74) is 0.00735. The third-order valence-electron chi connectivity index (χ3n) is 4.13. The van der Waals surface area contributed by atoms with Gasteiger partial charge < -0.3 is 10.6 Å². The summed E-state index contributed by atoms with van der Waals surface area (Å²) in [5.74, 6) is -0.651. The van der Waals surface area contributed by atoms with E-state index in [4.69, 9.17) is 0 Å². The number of benzene rings is 2. The summed E-state index contributed by atoms with van der Waals surface area (Å²) in [5, 5.41) is 19.9. The van der Waals surface area contributed by atoms with Gasteiger partial charge in [-0.25, -0.2) is 9.67 Å². The van der Waals surface area contributed by atoms with Gasteiger partial charge in [0.15, 0.2) is 0 Å². The maximum Gasteiger partial charge on any atom is 0.416 e. The van der Waals surface area contributed by atoms with Crippen molar-refractivity contribution in [3.63, 3.8) is 0 Å². The molecule has 0 atom stereocenters. The smallest absolute Gasteiger partial charge is 0.376 e. The Kier molecular flexibility index (Phi) is 5.67. The fourth-order valence-electron chi connectivity index (χ4n) is 2.63. The van der Waals surface area contributed by atoms with E-state index in [-0.39, 0.29) is 23.6 Å². The van der Waals surface area contributed by atoms with Gasteiger partial charge in [0.2, 0.25) is 5.91 Å². The van der Waals surface area contributed by atoms with Gasteiger partial charge >= 0.3 is 6.18 Å². The van der Waals surface area contributed by atoms with Crippen molar-refractivity contribution >= 4 is 23.0 Å². The lowest BCUT2D eigenvalue weighted by atomic mass is 10.1. The average Bonchev–Trinajstić information content (AvgIpc) is 3.21. The predicted molar refractivity (Wildman–Crippen MR) is 101 cm³/mol. The van der Waals surface area contributed by atoms with Gasteiger partial charge in [0, 0.05) is 17.8 Å². The number of halogens is 3. The van der Waals surface area contributed by atoms with Crippen molar-refractivity contribution in [1.29, 1.82) is 0 Å². The molecule has 0 spiro atoms. The second-order valence-electron chi connectivity index (χ2n) is 6.23. The number of aryl methyl sites for hydroxylation is 1. The van der Waals surface area contributed by atoms with Crippen LogP contribution in [0.5, 0.6) is 0 Å². The molecule has 156 valence electrons. The minimum atomic E-state index is -4.60.